The Bertz CT molecular complexity index is 990. The van der Waals surface area contributed by atoms with Crippen molar-refractivity contribution in [2.75, 3.05) is 14.2 Å². The van der Waals surface area contributed by atoms with Crippen LogP contribution in [-0.2, 0) is 11.3 Å². The van der Waals surface area contributed by atoms with Crippen molar-refractivity contribution in [3.05, 3.63) is 63.5 Å². The van der Waals surface area contributed by atoms with Crippen LogP contribution in [0, 0.1) is 0 Å². The number of ether oxygens (including phenoxy) is 1. The number of H-pyrrole nitrogens is 1. The Kier molecular flexibility index (Phi) is 4.95. The molecule has 0 unspecified atom stereocenters. The monoisotopic (exact) mass is 355 g/mol. The number of aromatic nitrogens is 2. The van der Waals surface area contributed by atoms with E-state index in [0.717, 1.165) is 11.3 Å². The molecule has 3 rings (SSSR count). The van der Waals surface area contributed by atoms with E-state index in [2.05, 4.69) is 9.97 Å². The first-order valence-electron chi connectivity index (χ1n) is 7.60. The number of hydrogen-bond donors (Lipinski definition) is 1. The third-order valence-electron chi connectivity index (χ3n) is 3.64. The second-order valence-corrected chi connectivity index (χ2v) is 6.37. The Morgan fingerprint density at radius 3 is 3.04 bits per heavy atom. The first-order chi connectivity index (χ1) is 12.1. The fourth-order valence-electron chi connectivity index (χ4n) is 2.34. The summed E-state index contributed by atoms with van der Waals surface area (Å²) in [5.74, 6) is 1.01. The number of nitrogens with zero attached hydrogens (tertiary/aromatic N) is 2. The van der Waals surface area contributed by atoms with Gasteiger partial charge in [-0.1, -0.05) is 12.1 Å². The molecular formula is C18H17N3O3S. The third-order valence-corrected chi connectivity index (χ3v) is 4.54. The van der Waals surface area contributed by atoms with Gasteiger partial charge < -0.3 is 14.6 Å². The normalized spacial score (nSPS) is 11.1. The Labute approximate surface area is 148 Å². The van der Waals surface area contributed by atoms with Gasteiger partial charge in [0, 0.05) is 13.1 Å². The second-order valence-electron chi connectivity index (χ2n) is 5.45. The fraction of sp³-hybridized carbons (Fsp3) is 0.167. The van der Waals surface area contributed by atoms with E-state index in [1.807, 2.05) is 29.6 Å². The molecule has 128 valence electrons. The maximum absolute atomic E-state index is 12.3. The number of benzene rings is 1. The largest absolute Gasteiger partial charge is 0.497 e. The number of thiophene rings is 1. The predicted octanol–water partition coefficient (Wildman–Crippen LogP) is 2.67. The standard InChI is InChI=1S/C18H17N3O3S/c1-21(11-15-19-14-8-9-25-17(14)18(23)20-15)16(22)7-6-12-4-3-5-13(10-12)24-2/h3-10H,11H2,1-2H3,(H,19,20,23)/b7-6+. The van der Waals surface area contributed by atoms with Gasteiger partial charge >= 0.3 is 0 Å². The van der Waals surface area contributed by atoms with Crippen molar-refractivity contribution in [1.29, 1.82) is 0 Å². The van der Waals surface area contributed by atoms with Gasteiger partial charge in [0.05, 0.1) is 19.2 Å². The minimum atomic E-state index is -0.184. The summed E-state index contributed by atoms with van der Waals surface area (Å²) in [6, 6.07) is 9.22. The number of likely N-dealkylation sites (N-methyl/N-ethyl adjacent to an activating group) is 1. The minimum absolute atomic E-state index is 0.178. The lowest BCUT2D eigenvalue weighted by Crippen LogP contribution is -2.26. The van der Waals surface area contributed by atoms with Crippen LogP contribution in [0.5, 0.6) is 5.75 Å². The number of rotatable bonds is 5. The topological polar surface area (TPSA) is 75.3 Å². The first-order valence-corrected chi connectivity index (χ1v) is 8.48. The van der Waals surface area contributed by atoms with Gasteiger partial charge in [0.15, 0.2) is 0 Å². The molecule has 1 amide bonds. The summed E-state index contributed by atoms with van der Waals surface area (Å²) in [6.07, 6.45) is 3.20. The number of hydrogen-bond acceptors (Lipinski definition) is 5. The molecule has 25 heavy (non-hydrogen) atoms. The SMILES string of the molecule is COc1cccc(/C=C/C(=O)N(C)Cc2nc3ccsc3c(=O)[nH]2)c1. The molecule has 0 saturated carbocycles. The Balaban J connectivity index is 1.71. The molecule has 0 aliphatic heterocycles. The molecular weight excluding hydrogens is 338 g/mol. The number of carbonyl (C=O) groups excluding carboxylic acids is 1. The van der Waals surface area contributed by atoms with Gasteiger partial charge in [0.1, 0.15) is 16.3 Å². The van der Waals surface area contributed by atoms with Crippen molar-refractivity contribution in [2.24, 2.45) is 0 Å². The maximum atomic E-state index is 12.3. The lowest BCUT2D eigenvalue weighted by atomic mass is 10.2. The molecule has 1 N–H and O–H groups in total. The van der Waals surface area contributed by atoms with Gasteiger partial charge in [-0.05, 0) is 35.2 Å². The van der Waals surface area contributed by atoms with E-state index in [1.165, 1.54) is 22.3 Å². The highest BCUT2D eigenvalue weighted by Gasteiger charge is 2.10. The molecule has 0 spiro atoms. The molecule has 2 aromatic heterocycles. The molecule has 6 nitrogen and oxygen atoms in total. The van der Waals surface area contributed by atoms with Crippen molar-refractivity contribution in [3.63, 3.8) is 0 Å². The summed E-state index contributed by atoms with van der Waals surface area (Å²) in [5.41, 5.74) is 1.34. The van der Waals surface area contributed by atoms with Crippen LogP contribution in [0.2, 0.25) is 0 Å². The van der Waals surface area contributed by atoms with E-state index in [9.17, 15) is 9.59 Å². The lowest BCUT2D eigenvalue weighted by Gasteiger charge is -2.14. The van der Waals surface area contributed by atoms with Crippen molar-refractivity contribution < 1.29 is 9.53 Å². The van der Waals surface area contributed by atoms with Gasteiger partial charge in [0.2, 0.25) is 5.91 Å². The zero-order valence-corrected chi connectivity index (χ0v) is 14.7. The van der Waals surface area contributed by atoms with Gasteiger partial charge in [-0.25, -0.2) is 4.98 Å². The van der Waals surface area contributed by atoms with Crippen LogP contribution >= 0.6 is 11.3 Å². The average molecular weight is 355 g/mol. The molecule has 7 heteroatoms. The van der Waals surface area contributed by atoms with Gasteiger partial charge in [-0.3, -0.25) is 9.59 Å². The number of nitrogens with one attached hydrogen (secondary N) is 1. The van der Waals surface area contributed by atoms with Crippen LogP contribution in [-0.4, -0.2) is 34.9 Å². The molecule has 0 aliphatic rings. The van der Waals surface area contributed by atoms with Crippen molar-refractivity contribution in [3.8, 4) is 5.75 Å². The van der Waals surface area contributed by atoms with Gasteiger partial charge in [-0.15, -0.1) is 11.3 Å². The maximum Gasteiger partial charge on any atom is 0.268 e. The second kappa shape index (κ2) is 7.31. The van der Waals surface area contributed by atoms with Crippen molar-refractivity contribution in [2.45, 2.75) is 6.54 Å². The van der Waals surface area contributed by atoms with Crippen LogP contribution in [0.3, 0.4) is 0 Å². The molecule has 0 bridgehead atoms. The Morgan fingerprint density at radius 2 is 2.24 bits per heavy atom. The third kappa shape index (κ3) is 3.95. The molecule has 2 heterocycles. The van der Waals surface area contributed by atoms with Crippen LogP contribution in [0.25, 0.3) is 16.3 Å². The summed E-state index contributed by atoms with van der Waals surface area (Å²) >= 11 is 1.35. The quantitative estimate of drug-likeness (QED) is 0.714. The summed E-state index contributed by atoms with van der Waals surface area (Å²) in [5, 5.41) is 1.82. The highest BCUT2D eigenvalue weighted by atomic mass is 32.1. The first kappa shape index (κ1) is 16.9. The predicted molar refractivity (Wildman–Crippen MR) is 98.7 cm³/mol. The van der Waals surface area contributed by atoms with Gasteiger partial charge in [-0.2, -0.15) is 0 Å². The summed E-state index contributed by atoms with van der Waals surface area (Å²) in [4.78, 5) is 32.8. The van der Waals surface area contributed by atoms with Crippen LogP contribution in [0.15, 0.2) is 46.6 Å². The Morgan fingerprint density at radius 1 is 1.40 bits per heavy atom. The average Bonchev–Trinajstić information content (AvgIpc) is 3.09. The summed E-state index contributed by atoms with van der Waals surface area (Å²) in [6.45, 7) is 0.225. The molecule has 3 aromatic rings. The number of fused-ring (bicyclic) bond motifs is 1. The summed E-state index contributed by atoms with van der Waals surface area (Å²) < 4.78 is 5.75. The minimum Gasteiger partial charge on any atom is -0.497 e. The molecule has 0 fully saturated rings. The number of amides is 1. The molecule has 0 atom stereocenters. The zero-order valence-electron chi connectivity index (χ0n) is 13.9. The fourth-order valence-corrected chi connectivity index (χ4v) is 3.06. The molecule has 0 saturated heterocycles. The van der Waals surface area contributed by atoms with Crippen LogP contribution < -0.4 is 10.3 Å². The van der Waals surface area contributed by atoms with Crippen molar-refractivity contribution >= 4 is 33.5 Å². The highest BCUT2D eigenvalue weighted by molar-refractivity contribution is 7.17. The van der Waals surface area contributed by atoms with E-state index < -0.39 is 0 Å². The van der Waals surface area contributed by atoms with Crippen molar-refractivity contribution in [1.82, 2.24) is 14.9 Å². The molecule has 0 aliphatic carbocycles. The van der Waals surface area contributed by atoms with E-state index in [4.69, 9.17) is 4.74 Å². The zero-order chi connectivity index (χ0) is 17.8. The van der Waals surface area contributed by atoms with E-state index in [-0.39, 0.29) is 18.0 Å². The summed E-state index contributed by atoms with van der Waals surface area (Å²) in [7, 11) is 3.26. The number of methoxy groups -OCH3 is 1. The van der Waals surface area contributed by atoms with Crippen LogP contribution in [0.1, 0.15) is 11.4 Å². The highest BCUT2D eigenvalue weighted by Crippen LogP contribution is 2.15. The lowest BCUT2D eigenvalue weighted by molar-refractivity contribution is -0.125. The molecule has 1 aromatic carbocycles. The van der Waals surface area contributed by atoms with Crippen LogP contribution in [0.4, 0.5) is 0 Å². The molecule has 0 radical (unpaired) electrons. The Hall–Kier alpha value is -2.93. The van der Waals surface area contributed by atoms with E-state index in [1.54, 1.807) is 26.3 Å². The van der Waals surface area contributed by atoms with E-state index >= 15 is 0 Å². The van der Waals surface area contributed by atoms with Gasteiger partial charge in [0.25, 0.3) is 5.56 Å². The van der Waals surface area contributed by atoms with E-state index in [0.29, 0.717) is 16.0 Å². The number of aromatic amines is 1. The number of carbonyl (C=O) groups is 1. The smallest absolute Gasteiger partial charge is 0.268 e.